The number of para-hydroxylation sites is 1. The standard InChI is InChI=1S/C14H18IN3S/c1-3-18(4-2)14-17-10-11(19-14)9-16-13-8-6-5-7-12(13)15/h5-8,10,16H,3-4,9H2,1-2H3. The van der Waals surface area contributed by atoms with E-state index in [1.165, 1.54) is 14.1 Å². The lowest BCUT2D eigenvalue weighted by Gasteiger charge is -2.16. The number of rotatable bonds is 6. The molecule has 0 aliphatic rings. The number of aromatic nitrogens is 1. The predicted molar refractivity (Wildman–Crippen MR) is 92.2 cm³/mol. The van der Waals surface area contributed by atoms with Crippen molar-refractivity contribution < 1.29 is 0 Å². The number of nitrogens with one attached hydrogen (secondary N) is 1. The third-order valence-corrected chi connectivity index (χ3v) is 4.90. The molecular formula is C14H18IN3S. The van der Waals surface area contributed by atoms with Crippen LogP contribution in [0.1, 0.15) is 18.7 Å². The van der Waals surface area contributed by atoms with Crippen LogP contribution in [0, 0.1) is 3.57 Å². The fourth-order valence-electron chi connectivity index (χ4n) is 1.81. The third kappa shape index (κ3) is 3.82. The van der Waals surface area contributed by atoms with E-state index < -0.39 is 0 Å². The Kier molecular flexibility index (Phi) is 5.45. The zero-order valence-electron chi connectivity index (χ0n) is 11.2. The van der Waals surface area contributed by atoms with E-state index in [4.69, 9.17) is 0 Å². The second kappa shape index (κ2) is 7.09. The second-order valence-electron chi connectivity index (χ2n) is 4.11. The van der Waals surface area contributed by atoms with Gasteiger partial charge in [0.2, 0.25) is 0 Å². The molecule has 1 aromatic carbocycles. The van der Waals surface area contributed by atoms with Gasteiger partial charge in [-0.1, -0.05) is 12.1 Å². The van der Waals surface area contributed by atoms with Crippen LogP contribution in [0.25, 0.3) is 0 Å². The van der Waals surface area contributed by atoms with E-state index in [0.29, 0.717) is 0 Å². The Morgan fingerprint density at radius 1 is 1.26 bits per heavy atom. The molecule has 1 heterocycles. The summed E-state index contributed by atoms with van der Waals surface area (Å²) in [6.45, 7) is 7.17. The maximum Gasteiger partial charge on any atom is 0.185 e. The van der Waals surface area contributed by atoms with Crippen LogP contribution in [0.4, 0.5) is 10.8 Å². The van der Waals surface area contributed by atoms with Crippen molar-refractivity contribution >= 4 is 44.7 Å². The Bertz CT molecular complexity index is 523. The van der Waals surface area contributed by atoms with Crippen molar-refractivity contribution in [2.24, 2.45) is 0 Å². The van der Waals surface area contributed by atoms with Crippen molar-refractivity contribution in [1.29, 1.82) is 0 Å². The van der Waals surface area contributed by atoms with Gasteiger partial charge in [-0.05, 0) is 48.6 Å². The zero-order valence-corrected chi connectivity index (χ0v) is 14.2. The average Bonchev–Trinajstić information content (AvgIpc) is 2.88. The van der Waals surface area contributed by atoms with E-state index in [-0.39, 0.29) is 0 Å². The number of hydrogen-bond acceptors (Lipinski definition) is 4. The minimum absolute atomic E-state index is 0.832. The van der Waals surface area contributed by atoms with E-state index in [1.807, 2.05) is 6.20 Å². The van der Waals surface area contributed by atoms with Gasteiger partial charge in [-0.15, -0.1) is 11.3 Å². The number of benzene rings is 1. The van der Waals surface area contributed by atoms with E-state index in [0.717, 1.165) is 24.8 Å². The zero-order chi connectivity index (χ0) is 13.7. The number of anilines is 2. The van der Waals surface area contributed by atoms with Gasteiger partial charge in [-0.3, -0.25) is 0 Å². The van der Waals surface area contributed by atoms with Gasteiger partial charge in [0.05, 0.1) is 6.54 Å². The first-order valence-electron chi connectivity index (χ1n) is 6.42. The summed E-state index contributed by atoms with van der Waals surface area (Å²) >= 11 is 4.11. The van der Waals surface area contributed by atoms with Gasteiger partial charge in [0.1, 0.15) is 0 Å². The molecule has 1 aromatic heterocycles. The lowest BCUT2D eigenvalue weighted by atomic mass is 10.3. The Morgan fingerprint density at radius 2 is 2.00 bits per heavy atom. The Labute approximate surface area is 132 Å². The lowest BCUT2D eigenvalue weighted by molar-refractivity contribution is 0.860. The van der Waals surface area contributed by atoms with Crippen molar-refractivity contribution in [3.63, 3.8) is 0 Å². The number of hydrogen-bond donors (Lipinski definition) is 1. The molecule has 0 fully saturated rings. The molecule has 0 amide bonds. The highest BCUT2D eigenvalue weighted by Crippen LogP contribution is 2.24. The summed E-state index contributed by atoms with van der Waals surface area (Å²) < 4.78 is 1.24. The molecule has 0 aliphatic carbocycles. The van der Waals surface area contributed by atoms with Gasteiger partial charge in [0.15, 0.2) is 5.13 Å². The van der Waals surface area contributed by atoms with E-state index >= 15 is 0 Å². The summed E-state index contributed by atoms with van der Waals surface area (Å²) in [4.78, 5) is 8.04. The van der Waals surface area contributed by atoms with Gasteiger partial charge < -0.3 is 10.2 Å². The van der Waals surface area contributed by atoms with Crippen molar-refractivity contribution in [1.82, 2.24) is 4.98 Å². The first kappa shape index (κ1) is 14.6. The highest BCUT2D eigenvalue weighted by Gasteiger charge is 2.07. The van der Waals surface area contributed by atoms with Crippen LogP contribution < -0.4 is 10.2 Å². The Morgan fingerprint density at radius 3 is 2.68 bits per heavy atom. The first-order valence-corrected chi connectivity index (χ1v) is 8.32. The minimum Gasteiger partial charge on any atom is -0.379 e. The Balaban J connectivity index is 1.99. The molecular weight excluding hydrogens is 369 g/mol. The molecule has 5 heteroatoms. The van der Waals surface area contributed by atoms with Crippen LogP contribution in [-0.4, -0.2) is 18.1 Å². The normalized spacial score (nSPS) is 10.5. The largest absolute Gasteiger partial charge is 0.379 e. The van der Waals surface area contributed by atoms with E-state index in [2.05, 4.69) is 75.9 Å². The molecule has 0 atom stereocenters. The molecule has 0 unspecified atom stereocenters. The SMILES string of the molecule is CCN(CC)c1ncc(CNc2ccccc2I)s1. The molecule has 1 N–H and O–H groups in total. The summed E-state index contributed by atoms with van der Waals surface area (Å²) in [5.74, 6) is 0. The van der Waals surface area contributed by atoms with Gasteiger partial charge >= 0.3 is 0 Å². The second-order valence-corrected chi connectivity index (χ2v) is 6.37. The van der Waals surface area contributed by atoms with Gasteiger partial charge in [-0.25, -0.2) is 4.98 Å². The van der Waals surface area contributed by atoms with Gasteiger partial charge in [0.25, 0.3) is 0 Å². The topological polar surface area (TPSA) is 28.2 Å². The quantitative estimate of drug-likeness (QED) is 0.753. The summed E-state index contributed by atoms with van der Waals surface area (Å²) in [5.41, 5.74) is 1.18. The van der Waals surface area contributed by atoms with Crippen LogP contribution in [-0.2, 0) is 6.54 Å². The third-order valence-electron chi connectivity index (χ3n) is 2.90. The molecule has 0 bridgehead atoms. The fraction of sp³-hybridized carbons (Fsp3) is 0.357. The predicted octanol–water partition coefficient (Wildman–Crippen LogP) is 4.21. The molecule has 0 aliphatic heterocycles. The molecule has 0 spiro atoms. The van der Waals surface area contributed by atoms with E-state index in [1.54, 1.807) is 11.3 Å². The smallest absolute Gasteiger partial charge is 0.185 e. The lowest BCUT2D eigenvalue weighted by Crippen LogP contribution is -2.21. The summed E-state index contributed by atoms with van der Waals surface area (Å²) in [6, 6.07) is 8.32. The molecule has 2 rings (SSSR count). The highest BCUT2D eigenvalue weighted by molar-refractivity contribution is 14.1. The molecule has 19 heavy (non-hydrogen) atoms. The Hall–Kier alpha value is -0.820. The van der Waals surface area contributed by atoms with Crippen molar-refractivity contribution in [2.75, 3.05) is 23.3 Å². The number of nitrogens with zero attached hydrogens (tertiary/aromatic N) is 2. The summed E-state index contributed by atoms with van der Waals surface area (Å²) in [6.07, 6.45) is 1.97. The van der Waals surface area contributed by atoms with Crippen LogP contribution in [0.3, 0.4) is 0 Å². The molecule has 0 saturated heterocycles. The molecule has 2 aromatic rings. The maximum absolute atomic E-state index is 4.50. The van der Waals surface area contributed by atoms with Gasteiger partial charge in [0, 0.05) is 33.4 Å². The number of thiazole rings is 1. The van der Waals surface area contributed by atoms with Crippen molar-refractivity contribution in [3.8, 4) is 0 Å². The minimum atomic E-state index is 0.832. The monoisotopic (exact) mass is 387 g/mol. The summed E-state index contributed by atoms with van der Waals surface area (Å²) in [5, 5.41) is 4.58. The molecule has 0 radical (unpaired) electrons. The first-order chi connectivity index (χ1) is 9.24. The number of halogens is 1. The molecule has 0 saturated carbocycles. The van der Waals surface area contributed by atoms with Crippen LogP contribution in [0.15, 0.2) is 30.5 Å². The van der Waals surface area contributed by atoms with Crippen LogP contribution in [0.5, 0.6) is 0 Å². The van der Waals surface area contributed by atoms with Crippen LogP contribution in [0.2, 0.25) is 0 Å². The fourth-order valence-corrected chi connectivity index (χ4v) is 3.36. The summed E-state index contributed by atoms with van der Waals surface area (Å²) in [7, 11) is 0. The van der Waals surface area contributed by atoms with Gasteiger partial charge in [-0.2, -0.15) is 0 Å². The molecule has 102 valence electrons. The highest BCUT2D eigenvalue weighted by atomic mass is 127. The van der Waals surface area contributed by atoms with E-state index in [9.17, 15) is 0 Å². The van der Waals surface area contributed by atoms with Crippen molar-refractivity contribution in [2.45, 2.75) is 20.4 Å². The van der Waals surface area contributed by atoms with Crippen molar-refractivity contribution in [3.05, 3.63) is 38.9 Å². The maximum atomic E-state index is 4.50. The average molecular weight is 387 g/mol. The van der Waals surface area contributed by atoms with Crippen LogP contribution >= 0.6 is 33.9 Å². The molecule has 3 nitrogen and oxygen atoms in total.